The minimum Gasteiger partial charge on any atom is -0.482 e. The van der Waals surface area contributed by atoms with E-state index >= 15 is 0 Å². The van der Waals surface area contributed by atoms with Gasteiger partial charge in [-0.2, -0.15) is 5.10 Å². The molecular weight excluding hydrogens is 324 g/mol. The van der Waals surface area contributed by atoms with E-state index in [-0.39, 0.29) is 5.91 Å². The smallest absolute Gasteiger partial charge is 0.341 e. The lowest BCUT2D eigenvalue weighted by Crippen LogP contribution is -2.20. The summed E-state index contributed by atoms with van der Waals surface area (Å²) >= 11 is 0. The molecule has 0 spiro atoms. The van der Waals surface area contributed by atoms with Gasteiger partial charge in [0.25, 0.3) is 5.91 Å². The molecule has 0 aliphatic rings. The molecule has 0 fully saturated rings. The zero-order chi connectivity index (χ0) is 18.4. The van der Waals surface area contributed by atoms with E-state index in [0.717, 1.165) is 5.56 Å². The topological polar surface area (TPSA) is 101 Å². The number of hydrogen-bond donors (Lipinski definition) is 2. The summed E-state index contributed by atoms with van der Waals surface area (Å²) in [6.07, 6.45) is 0.610. The lowest BCUT2D eigenvalue weighted by molar-refractivity contribution is -0.139. The Morgan fingerprint density at radius 1 is 1.24 bits per heavy atom. The molecule has 0 bridgehead atoms. The third-order valence-electron chi connectivity index (χ3n) is 3.46. The van der Waals surface area contributed by atoms with Gasteiger partial charge >= 0.3 is 5.97 Å². The van der Waals surface area contributed by atoms with Gasteiger partial charge in [-0.05, 0) is 56.2 Å². The summed E-state index contributed by atoms with van der Waals surface area (Å²) in [5.74, 6) is 0.298. The van der Waals surface area contributed by atoms with Gasteiger partial charge in [0, 0.05) is 0 Å². The first-order valence-corrected chi connectivity index (χ1v) is 7.79. The van der Waals surface area contributed by atoms with Crippen molar-refractivity contribution in [3.8, 4) is 5.75 Å². The number of nitrogens with one attached hydrogen (secondary N) is 1. The average Bonchev–Trinajstić information content (AvgIpc) is 2.92. The summed E-state index contributed by atoms with van der Waals surface area (Å²) in [4.78, 5) is 22.7. The predicted octanol–water partition coefficient (Wildman–Crippen LogP) is 2.90. The normalized spacial score (nSPS) is 11.2. The van der Waals surface area contributed by atoms with Gasteiger partial charge < -0.3 is 14.3 Å². The Labute approximate surface area is 145 Å². The molecule has 25 heavy (non-hydrogen) atoms. The molecule has 1 aromatic carbocycles. The van der Waals surface area contributed by atoms with E-state index in [1.807, 2.05) is 6.92 Å². The van der Waals surface area contributed by atoms with Gasteiger partial charge in [-0.25, -0.2) is 10.2 Å². The van der Waals surface area contributed by atoms with Gasteiger partial charge in [0.15, 0.2) is 6.61 Å². The van der Waals surface area contributed by atoms with Crippen LogP contribution >= 0.6 is 0 Å². The average molecular weight is 344 g/mol. The third-order valence-corrected chi connectivity index (χ3v) is 3.46. The van der Waals surface area contributed by atoms with Crippen LogP contribution in [0.15, 0.2) is 39.9 Å². The van der Waals surface area contributed by atoms with E-state index in [0.29, 0.717) is 35.0 Å². The number of carbonyl (C=O) groups excluding carboxylic acids is 1. The molecule has 2 N–H and O–H groups in total. The molecule has 7 heteroatoms. The highest BCUT2D eigenvalue weighted by atomic mass is 16.5. The Kier molecular flexibility index (Phi) is 5.94. The van der Waals surface area contributed by atoms with E-state index < -0.39 is 12.6 Å². The van der Waals surface area contributed by atoms with Gasteiger partial charge in [-0.3, -0.25) is 4.79 Å². The van der Waals surface area contributed by atoms with Gasteiger partial charge in [0.1, 0.15) is 17.3 Å². The van der Waals surface area contributed by atoms with Crippen molar-refractivity contribution in [2.45, 2.75) is 27.2 Å². The van der Waals surface area contributed by atoms with Crippen LogP contribution in [0, 0.1) is 13.8 Å². The molecule has 2 aromatic rings. The van der Waals surface area contributed by atoms with Crippen molar-refractivity contribution in [2.75, 3.05) is 6.61 Å². The number of rotatable bonds is 7. The first kappa shape index (κ1) is 18.3. The van der Waals surface area contributed by atoms with E-state index in [9.17, 15) is 9.59 Å². The second kappa shape index (κ2) is 8.14. The van der Waals surface area contributed by atoms with Crippen molar-refractivity contribution in [2.24, 2.45) is 5.10 Å². The highest BCUT2D eigenvalue weighted by Gasteiger charge is 2.13. The second-order valence-electron chi connectivity index (χ2n) is 5.39. The first-order chi connectivity index (χ1) is 11.9. The maximum atomic E-state index is 12.2. The summed E-state index contributed by atoms with van der Waals surface area (Å²) in [7, 11) is 0. The molecule has 7 nitrogen and oxygen atoms in total. The molecule has 1 aromatic heterocycles. The largest absolute Gasteiger partial charge is 0.482 e. The predicted molar refractivity (Wildman–Crippen MR) is 92.0 cm³/mol. The fraction of sp³-hybridized carbons (Fsp3) is 0.278. The van der Waals surface area contributed by atoms with Gasteiger partial charge in [-0.1, -0.05) is 6.92 Å². The number of furan rings is 1. The van der Waals surface area contributed by atoms with E-state index in [2.05, 4.69) is 10.5 Å². The fourth-order valence-electron chi connectivity index (χ4n) is 2.27. The lowest BCUT2D eigenvalue weighted by atomic mass is 10.1. The fourth-order valence-corrected chi connectivity index (χ4v) is 2.27. The summed E-state index contributed by atoms with van der Waals surface area (Å²) in [6, 6.07) is 8.52. The molecule has 0 aliphatic heterocycles. The van der Waals surface area contributed by atoms with Crippen LogP contribution in [0.5, 0.6) is 5.75 Å². The molecule has 0 atom stereocenters. The monoisotopic (exact) mass is 344 g/mol. The molecular formula is C18H20N2O5. The Bertz CT molecular complexity index is 790. The van der Waals surface area contributed by atoms with Gasteiger partial charge in [0.05, 0.1) is 11.3 Å². The van der Waals surface area contributed by atoms with Gasteiger partial charge in [0.2, 0.25) is 0 Å². The van der Waals surface area contributed by atoms with Crippen LogP contribution in [0.4, 0.5) is 0 Å². The number of carboxylic acids is 1. The van der Waals surface area contributed by atoms with Gasteiger partial charge in [-0.15, -0.1) is 0 Å². The number of amides is 1. The number of hydrogen-bond acceptors (Lipinski definition) is 5. The number of carboxylic acid groups (broad SMARTS) is 1. The van der Waals surface area contributed by atoms with Crippen LogP contribution in [0.3, 0.4) is 0 Å². The minimum absolute atomic E-state index is 0.332. The minimum atomic E-state index is -1.03. The number of aliphatic carboxylic acids is 1. The Balaban J connectivity index is 2.07. The standard InChI is InChI=1S/C18H20N2O5/c1-4-16(13-5-7-14(8-6-13)24-10-17(21)22)19-20-18(23)15-9-11(2)25-12(15)3/h5-9H,4,10H2,1-3H3,(H,20,23)(H,21,22)/b19-16-. The molecule has 0 unspecified atom stereocenters. The molecule has 1 amide bonds. The van der Waals surface area contributed by atoms with Crippen molar-refractivity contribution in [1.29, 1.82) is 0 Å². The van der Waals surface area contributed by atoms with E-state index in [1.54, 1.807) is 44.2 Å². The molecule has 2 rings (SSSR count). The number of ether oxygens (including phenoxy) is 1. The quantitative estimate of drug-likeness (QED) is 0.594. The van der Waals surface area contributed by atoms with Crippen LogP contribution in [-0.2, 0) is 4.79 Å². The number of nitrogens with zero attached hydrogens (tertiary/aromatic N) is 1. The van der Waals surface area contributed by atoms with E-state index in [1.165, 1.54) is 0 Å². The first-order valence-electron chi connectivity index (χ1n) is 7.79. The van der Waals surface area contributed by atoms with Crippen molar-refractivity contribution in [3.63, 3.8) is 0 Å². The van der Waals surface area contributed by atoms with E-state index in [4.69, 9.17) is 14.3 Å². The van der Waals surface area contributed by atoms with Crippen LogP contribution < -0.4 is 10.2 Å². The van der Waals surface area contributed by atoms with Crippen molar-refractivity contribution >= 4 is 17.6 Å². The molecule has 0 saturated carbocycles. The Morgan fingerprint density at radius 3 is 2.44 bits per heavy atom. The molecule has 1 heterocycles. The van der Waals surface area contributed by atoms with Crippen LogP contribution in [0.2, 0.25) is 0 Å². The number of hydrazone groups is 1. The highest BCUT2D eigenvalue weighted by Crippen LogP contribution is 2.15. The van der Waals surface area contributed by atoms with Crippen molar-refractivity contribution in [3.05, 3.63) is 53.0 Å². The third kappa shape index (κ3) is 4.94. The maximum absolute atomic E-state index is 12.2. The zero-order valence-electron chi connectivity index (χ0n) is 14.3. The second-order valence-corrected chi connectivity index (χ2v) is 5.39. The van der Waals surface area contributed by atoms with Crippen molar-refractivity contribution in [1.82, 2.24) is 5.43 Å². The summed E-state index contributed by atoms with van der Waals surface area (Å²) in [5, 5.41) is 12.8. The lowest BCUT2D eigenvalue weighted by Gasteiger charge is -2.07. The molecule has 0 saturated heterocycles. The maximum Gasteiger partial charge on any atom is 0.341 e. The highest BCUT2D eigenvalue weighted by molar-refractivity contribution is 6.02. The molecule has 132 valence electrons. The molecule has 0 radical (unpaired) electrons. The zero-order valence-corrected chi connectivity index (χ0v) is 14.3. The Hall–Kier alpha value is -3.09. The SMILES string of the molecule is CC/C(=N/NC(=O)c1cc(C)oc1C)c1ccc(OCC(=O)O)cc1. The number of carbonyl (C=O) groups is 2. The number of aryl methyl sites for hydroxylation is 2. The van der Waals surface area contributed by atoms with Crippen LogP contribution in [0.25, 0.3) is 0 Å². The number of benzene rings is 1. The van der Waals surface area contributed by atoms with Crippen LogP contribution in [0.1, 0.15) is 40.8 Å². The summed E-state index contributed by atoms with van der Waals surface area (Å²) < 4.78 is 10.4. The van der Waals surface area contributed by atoms with Crippen molar-refractivity contribution < 1.29 is 23.8 Å². The Morgan fingerprint density at radius 2 is 1.92 bits per heavy atom. The summed E-state index contributed by atoms with van der Waals surface area (Å²) in [5.41, 5.74) is 4.49. The summed E-state index contributed by atoms with van der Waals surface area (Å²) in [6.45, 7) is 5.03. The van der Waals surface area contributed by atoms with Crippen LogP contribution in [-0.4, -0.2) is 29.3 Å². The molecule has 0 aliphatic carbocycles.